The van der Waals surface area contributed by atoms with E-state index in [1.165, 1.54) is 12.0 Å². The van der Waals surface area contributed by atoms with Gasteiger partial charge in [0.05, 0.1) is 5.60 Å². The van der Waals surface area contributed by atoms with Crippen molar-refractivity contribution in [2.45, 2.75) is 45.3 Å². The molecule has 1 aromatic rings. The van der Waals surface area contributed by atoms with Crippen LogP contribution >= 0.6 is 0 Å². The maximum absolute atomic E-state index is 10.1. The smallest absolute Gasteiger partial charge is 0.0771 e. The first-order chi connectivity index (χ1) is 9.89. The van der Waals surface area contributed by atoms with Crippen LogP contribution in [0.5, 0.6) is 0 Å². The lowest BCUT2D eigenvalue weighted by Gasteiger charge is -2.38. The van der Waals surface area contributed by atoms with Crippen LogP contribution in [0.4, 0.5) is 0 Å². The van der Waals surface area contributed by atoms with Crippen LogP contribution in [0, 0.1) is 5.41 Å². The van der Waals surface area contributed by atoms with Crippen molar-refractivity contribution in [3.05, 3.63) is 35.9 Å². The first kappa shape index (κ1) is 16.5. The Bertz CT molecular complexity index is 426. The Morgan fingerprint density at radius 3 is 2.48 bits per heavy atom. The topological polar surface area (TPSA) is 35.5 Å². The summed E-state index contributed by atoms with van der Waals surface area (Å²) in [5, 5.41) is 13.6. The second-order valence-electron chi connectivity index (χ2n) is 7.50. The Labute approximate surface area is 129 Å². The molecule has 3 nitrogen and oxygen atoms in total. The SMILES string of the molecule is CN(Cc1ccccc1)CC(C)(C)CNCC1(O)CCC1. The molecule has 21 heavy (non-hydrogen) atoms. The molecule has 0 bridgehead atoms. The highest BCUT2D eigenvalue weighted by molar-refractivity contribution is 5.14. The van der Waals surface area contributed by atoms with Crippen molar-refractivity contribution in [2.75, 3.05) is 26.7 Å². The van der Waals surface area contributed by atoms with Gasteiger partial charge in [-0.15, -0.1) is 0 Å². The van der Waals surface area contributed by atoms with Crippen molar-refractivity contribution < 1.29 is 5.11 Å². The summed E-state index contributed by atoms with van der Waals surface area (Å²) in [7, 11) is 2.17. The Morgan fingerprint density at radius 1 is 1.24 bits per heavy atom. The average molecular weight is 290 g/mol. The van der Waals surface area contributed by atoms with Gasteiger partial charge in [-0.2, -0.15) is 0 Å². The van der Waals surface area contributed by atoms with E-state index >= 15 is 0 Å². The molecule has 0 aromatic heterocycles. The van der Waals surface area contributed by atoms with Gasteiger partial charge >= 0.3 is 0 Å². The maximum atomic E-state index is 10.1. The molecule has 2 rings (SSSR count). The fourth-order valence-corrected chi connectivity index (χ4v) is 3.13. The molecule has 1 aromatic carbocycles. The lowest BCUT2D eigenvalue weighted by molar-refractivity contribution is -0.0328. The zero-order valence-corrected chi connectivity index (χ0v) is 13.7. The average Bonchev–Trinajstić information content (AvgIpc) is 2.36. The number of nitrogens with one attached hydrogen (secondary N) is 1. The van der Waals surface area contributed by atoms with Gasteiger partial charge in [-0.1, -0.05) is 44.2 Å². The van der Waals surface area contributed by atoms with Crippen molar-refractivity contribution in [2.24, 2.45) is 5.41 Å². The number of nitrogens with zero attached hydrogens (tertiary/aromatic N) is 1. The predicted octanol–water partition coefficient (Wildman–Crippen LogP) is 2.65. The summed E-state index contributed by atoms with van der Waals surface area (Å²) in [4.78, 5) is 2.37. The van der Waals surface area contributed by atoms with Gasteiger partial charge < -0.3 is 15.3 Å². The van der Waals surface area contributed by atoms with Crippen LogP contribution in [0.25, 0.3) is 0 Å². The van der Waals surface area contributed by atoms with Crippen LogP contribution in [0.15, 0.2) is 30.3 Å². The maximum Gasteiger partial charge on any atom is 0.0771 e. The number of benzene rings is 1. The van der Waals surface area contributed by atoms with Crippen molar-refractivity contribution in [1.29, 1.82) is 0 Å². The van der Waals surface area contributed by atoms with Gasteiger partial charge in [-0.05, 0) is 37.3 Å². The molecule has 1 fully saturated rings. The summed E-state index contributed by atoms with van der Waals surface area (Å²) in [5.41, 5.74) is 1.13. The molecule has 0 aliphatic heterocycles. The molecule has 3 heteroatoms. The van der Waals surface area contributed by atoms with E-state index in [0.717, 1.165) is 39.0 Å². The minimum atomic E-state index is -0.425. The zero-order chi connectivity index (χ0) is 15.3. The second kappa shape index (κ2) is 6.91. The fourth-order valence-electron chi connectivity index (χ4n) is 3.13. The normalized spacial score (nSPS) is 17.8. The molecule has 1 aliphatic rings. The third-order valence-corrected chi connectivity index (χ3v) is 4.34. The van der Waals surface area contributed by atoms with Crippen LogP contribution in [0.3, 0.4) is 0 Å². The summed E-state index contributed by atoms with van der Waals surface area (Å²) in [6, 6.07) is 10.6. The molecule has 2 N–H and O–H groups in total. The predicted molar refractivity (Wildman–Crippen MR) is 88.2 cm³/mol. The lowest BCUT2D eigenvalue weighted by Crippen LogP contribution is -2.49. The van der Waals surface area contributed by atoms with E-state index in [4.69, 9.17) is 0 Å². The van der Waals surface area contributed by atoms with Crippen molar-refractivity contribution >= 4 is 0 Å². The minimum Gasteiger partial charge on any atom is -0.389 e. The van der Waals surface area contributed by atoms with E-state index in [1.807, 2.05) is 0 Å². The summed E-state index contributed by atoms with van der Waals surface area (Å²) >= 11 is 0. The van der Waals surface area contributed by atoms with E-state index in [-0.39, 0.29) is 5.41 Å². The monoisotopic (exact) mass is 290 g/mol. The molecule has 0 heterocycles. The Balaban J connectivity index is 1.71. The molecule has 0 spiro atoms. The van der Waals surface area contributed by atoms with E-state index in [9.17, 15) is 5.11 Å². The van der Waals surface area contributed by atoms with Crippen LogP contribution < -0.4 is 5.32 Å². The standard InChI is InChI=1S/C18H30N2O/c1-17(2,13-19-14-18(21)10-7-11-18)15-20(3)12-16-8-5-4-6-9-16/h4-6,8-9,19,21H,7,10-15H2,1-3H3. The summed E-state index contributed by atoms with van der Waals surface area (Å²) in [6.45, 7) is 8.26. The zero-order valence-electron chi connectivity index (χ0n) is 13.7. The number of rotatable bonds is 8. The van der Waals surface area contributed by atoms with E-state index in [1.54, 1.807) is 0 Å². The molecule has 0 unspecified atom stereocenters. The van der Waals surface area contributed by atoms with Crippen molar-refractivity contribution in [1.82, 2.24) is 10.2 Å². The molecular formula is C18H30N2O. The number of aliphatic hydroxyl groups is 1. The Hall–Kier alpha value is -0.900. The fraction of sp³-hybridized carbons (Fsp3) is 0.667. The van der Waals surface area contributed by atoms with Crippen molar-refractivity contribution in [3.8, 4) is 0 Å². The van der Waals surface area contributed by atoms with E-state index in [2.05, 4.69) is 61.4 Å². The summed E-state index contributed by atoms with van der Waals surface area (Å²) in [6.07, 6.45) is 3.07. The largest absolute Gasteiger partial charge is 0.389 e. The third kappa shape index (κ3) is 5.42. The Kier molecular flexibility index (Phi) is 5.42. The van der Waals surface area contributed by atoms with E-state index in [0.29, 0.717) is 0 Å². The number of hydrogen-bond donors (Lipinski definition) is 2. The molecular weight excluding hydrogens is 260 g/mol. The second-order valence-corrected chi connectivity index (χ2v) is 7.50. The molecule has 0 radical (unpaired) electrons. The highest BCUT2D eigenvalue weighted by Gasteiger charge is 2.34. The summed E-state index contributed by atoms with van der Waals surface area (Å²) in [5.74, 6) is 0. The molecule has 0 atom stereocenters. The molecule has 0 saturated heterocycles. The van der Waals surface area contributed by atoms with Gasteiger partial charge in [0.1, 0.15) is 0 Å². The Morgan fingerprint density at radius 2 is 1.90 bits per heavy atom. The van der Waals surface area contributed by atoms with Gasteiger partial charge in [-0.25, -0.2) is 0 Å². The number of hydrogen-bond acceptors (Lipinski definition) is 3. The molecule has 118 valence electrons. The van der Waals surface area contributed by atoms with E-state index < -0.39 is 5.60 Å². The van der Waals surface area contributed by atoms with Gasteiger partial charge in [0.2, 0.25) is 0 Å². The highest BCUT2D eigenvalue weighted by atomic mass is 16.3. The molecule has 1 aliphatic carbocycles. The van der Waals surface area contributed by atoms with Crippen LogP contribution in [0.1, 0.15) is 38.7 Å². The van der Waals surface area contributed by atoms with Crippen LogP contribution in [-0.2, 0) is 6.54 Å². The lowest BCUT2D eigenvalue weighted by atomic mass is 9.80. The first-order valence-electron chi connectivity index (χ1n) is 8.04. The van der Waals surface area contributed by atoms with Crippen LogP contribution in [-0.4, -0.2) is 42.3 Å². The van der Waals surface area contributed by atoms with Crippen LogP contribution in [0.2, 0.25) is 0 Å². The van der Waals surface area contributed by atoms with Gasteiger partial charge in [0.25, 0.3) is 0 Å². The van der Waals surface area contributed by atoms with Gasteiger partial charge in [0.15, 0.2) is 0 Å². The summed E-state index contributed by atoms with van der Waals surface area (Å²) < 4.78 is 0. The third-order valence-electron chi connectivity index (χ3n) is 4.34. The van der Waals surface area contributed by atoms with Gasteiger partial charge in [0, 0.05) is 26.2 Å². The van der Waals surface area contributed by atoms with Gasteiger partial charge in [-0.3, -0.25) is 0 Å². The van der Waals surface area contributed by atoms with Crippen molar-refractivity contribution in [3.63, 3.8) is 0 Å². The highest BCUT2D eigenvalue weighted by Crippen LogP contribution is 2.30. The quantitative estimate of drug-likeness (QED) is 0.772. The first-order valence-corrected chi connectivity index (χ1v) is 8.04. The molecule has 0 amide bonds. The minimum absolute atomic E-state index is 0.198. The molecule has 1 saturated carbocycles.